The van der Waals surface area contributed by atoms with Crippen LogP contribution in [0.2, 0.25) is 0 Å². The Kier molecular flexibility index (Phi) is 3.97. The van der Waals surface area contributed by atoms with E-state index in [1.54, 1.807) is 6.07 Å². The van der Waals surface area contributed by atoms with Crippen LogP contribution in [0.1, 0.15) is 5.56 Å². The van der Waals surface area contributed by atoms with E-state index in [0.717, 1.165) is 0 Å². The summed E-state index contributed by atoms with van der Waals surface area (Å²) in [6.07, 6.45) is 0. The van der Waals surface area contributed by atoms with E-state index >= 15 is 0 Å². The number of hydrogen-bond acceptors (Lipinski definition) is 4. The molecule has 0 spiro atoms. The zero-order valence-electron chi connectivity index (χ0n) is 10.2. The summed E-state index contributed by atoms with van der Waals surface area (Å²) in [7, 11) is -3.77. The van der Waals surface area contributed by atoms with Gasteiger partial charge in [0.15, 0.2) is 0 Å². The summed E-state index contributed by atoms with van der Waals surface area (Å²) in [4.78, 5) is -0.00349. The molecule has 2 rings (SSSR count). The van der Waals surface area contributed by atoms with Crippen LogP contribution in [0.25, 0.3) is 0 Å². The van der Waals surface area contributed by atoms with Crippen LogP contribution in [0, 0.1) is 11.3 Å². The minimum Gasteiger partial charge on any atom is -0.398 e. The lowest BCUT2D eigenvalue weighted by molar-refractivity contribution is 0.601. The van der Waals surface area contributed by atoms with Crippen molar-refractivity contribution in [2.75, 3.05) is 10.5 Å². The minimum absolute atomic E-state index is 0.00349. The predicted octanol–water partition coefficient (Wildman–Crippen LogP) is 2.70. The molecule has 0 bridgehead atoms. The third-order valence-electron chi connectivity index (χ3n) is 2.53. The number of sulfonamides is 1. The number of hydrogen-bond donors (Lipinski definition) is 2. The van der Waals surface area contributed by atoms with Crippen LogP contribution in [-0.2, 0) is 10.0 Å². The van der Waals surface area contributed by atoms with Crippen LogP contribution < -0.4 is 10.5 Å². The quantitative estimate of drug-likeness (QED) is 0.830. The van der Waals surface area contributed by atoms with Gasteiger partial charge in [-0.1, -0.05) is 15.9 Å². The molecule has 0 fully saturated rings. The Labute approximate surface area is 125 Å². The predicted molar refractivity (Wildman–Crippen MR) is 80.5 cm³/mol. The Morgan fingerprint density at radius 2 is 1.80 bits per heavy atom. The number of nitrogens with two attached hydrogens (primary N) is 1. The van der Waals surface area contributed by atoms with E-state index in [2.05, 4.69) is 20.7 Å². The highest BCUT2D eigenvalue weighted by Gasteiger charge is 2.17. The molecule has 0 saturated heterocycles. The summed E-state index contributed by atoms with van der Waals surface area (Å²) < 4.78 is 27.5. The van der Waals surface area contributed by atoms with Crippen molar-refractivity contribution < 1.29 is 8.42 Å². The monoisotopic (exact) mass is 351 g/mol. The van der Waals surface area contributed by atoms with Crippen molar-refractivity contribution >= 4 is 37.3 Å². The Morgan fingerprint density at radius 1 is 1.15 bits per heavy atom. The van der Waals surface area contributed by atoms with Crippen LogP contribution in [0.5, 0.6) is 0 Å². The standard InChI is InChI=1S/C13H10BrN3O2S/c14-10-3-6-12(16)13(7-10)20(18,19)17-11-4-1-9(8-15)2-5-11/h1-7,17H,16H2. The molecule has 0 heterocycles. The zero-order valence-corrected chi connectivity index (χ0v) is 12.6. The van der Waals surface area contributed by atoms with Gasteiger partial charge in [-0.15, -0.1) is 0 Å². The molecule has 0 radical (unpaired) electrons. The summed E-state index contributed by atoms with van der Waals surface area (Å²) in [6, 6.07) is 12.7. The number of benzene rings is 2. The molecule has 5 nitrogen and oxygen atoms in total. The average Bonchev–Trinajstić information content (AvgIpc) is 2.42. The average molecular weight is 352 g/mol. The topological polar surface area (TPSA) is 96.0 Å². The van der Waals surface area contributed by atoms with E-state index in [1.165, 1.54) is 36.4 Å². The van der Waals surface area contributed by atoms with Crippen molar-refractivity contribution in [2.24, 2.45) is 0 Å². The third kappa shape index (κ3) is 3.10. The second-order valence-electron chi connectivity index (χ2n) is 3.98. The number of nitrogens with zero attached hydrogens (tertiary/aromatic N) is 1. The second kappa shape index (κ2) is 5.53. The highest BCUT2D eigenvalue weighted by Crippen LogP contribution is 2.25. The number of halogens is 1. The summed E-state index contributed by atoms with van der Waals surface area (Å²) in [6.45, 7) is 0. The molecule has 2 aromatic rings. The molecule has 0 aliphatic heterocycles. The maximum atomic E-state index is 12.3. The molecular weight excluding hydrogens is 342 g/mol. The van der Waals surface area contributed by atoms with Gasteiger partial charge in [0.2, 0.25) is 0 Å². The van der Waals surface area contributed by atoms with E-state index in [9.17, 15) is 8.42 Å². The molecule has 0 unspecified atom stereocenters. The molecular formula is C13H10BrN3O2S. The van der Waals surface area contributed by atoms with Crippen molar-refractivity contribution in [1.29, 1.82) is 5.26 Å². The van der Waals surface area contributed by atoms with Crippen molar-refractivity contribution in [3.63, 3.8) is 0 Å². The molecule has 2 aromatic carbocycles. The Hall–Kier alpha value is -2.04. The van der Waals surface area contributed by atoms with Gasteiger partial charge in [0.1, 0.15) is 4.90 Å². The fraction of sp³-hybridized carbons (Fsp3) is 0. The normalized spacial score (nSPS) is 10.8. The van der Waals surface area contributed by atoms with Gasteiger partial charge in [0, 0.05) is 10.2 Å². The van der Waals surface area contributed by atoms with E-state index in [-0.39, 0.29) is 10.6 Å². The van der Waals surface area contributed by atoms with E-state index in [4.69, 9.17) is 11.0 Å². The minimum atomic E-state index is -3.77. The smallest absolute Gasteiger partial charge is 0.263 e. The second-order valence-corrected chi connectivity index (χ2v) is 6.54. The summed E-state index contributed by atoms with van der Waals surface area (Å²) in [5, 5.41) is 8.70. The first kappa shape index (κ1) is 14.4. The van der Waals surface area contributed by atoms with Gasteiger partial charge >= 0.3 is 0 Å². The molecule has 0 amide bonds. The van der Waals surface area contributed by atoms with Gasteiger partial charge in [0.25, 0.3) is 10.0 Å². The SMILES string of the molecule is N#Cc1ccc(NS(=O)(=O)c2cc(Br)ccc2N)cc1. The van der Waals surface area contributed by atoms with Gasteiger partial charge in [-0.2, -0.15) is 5.26 Å². The van der Waals surface area contributed by atoms with Crippen LogP contribution >= 0.6 is 15.9 Å². The van der Waals surface area contributed by atoms with Crippen LogP contribution in [0.15, 0.2) is 51.8 Å². The van der Waals surface area contributed by atoms with Gasteiger partial charge in [-0.05, 0) is 42.5 Å². The summed E-state index contributed by atoms with van der Waals surface area (Å²) in [5.74, 6) is 0. The number of nitrogen functional groups attached to an aromatic ring is 1. The highest BCUT2D eigenvalue weighted by molar-refractivity contribution is 9.10. The highest BCUT2D eigenvalue weighted by atomic mass is 79.9. The molecule has 20 heavy (non-hydrogen) atoms. The lowest BCUT2D eigenvalue weighted by atomic mass is 10.2. The first-order valence-electron chi connectivity index (χ1n) is 5.50. The number of nitrogens with one attached hydrogen (secondary N) is 1. The number of anilines is 2. The Morgan fingerprint density at radius 3 is 2.40 bits per heavy atom. The van der Waals surface area contributed by atoms with Crippen molar-refractivity contribution in [3.05, 3.63) is 52.5 Å². The summed E-state index contributed by atoms with van der Waals surface area (Å²) >= 11 is 3.21. The Balaban J connectivity index is 2.35. The molecule has 0 aromatic heterocycles. The molecule has 0 atom stereocenters. The largest absolute Gasteiger partial charge is 0.398 e. The van der Waals surface area contributed by atoms with Crippen molar-refractivity contribution in [3.8, 4) is 6.07 Å². The lowest BCUT2D eigenvalue weighted by Crippen LogP contribution is -2.14. The van der Waals surface area contributed by atoms with Crippen molar-refractivity contribution in [2.45, 2.75) is 4.90 Å². The third-order valence-corrected chi connectivity index (χ3v) is 4.46. The molecule has 7 heteroatoms. The number of nitriles is 1. The summed E-state index contributed by atoms with van der Waals surface area (Å²) in [5.41, 5.74) is 6.67. The maximum Gasteiger partial charge on any atom is 0.263 e. The fourth-order valence-electron chi connectivity index (χ4n) is 1.56. The van der Waals surface area contributed by atoms with Gasteiger partial charge in [-0.3, -0.25) is 4.72 Å². The molecule has 0 saturated carbocycles. The Bertz CT molecular complexity index is 780. The zero-order chi connectivity index (χ0) is 14.8. The molecule has 0 aliphatic rings. The van der Waals surface area contributed by atoms with E-state index < -0.39 is 10.0 Å². The van der Waals surface area contributed by atoms with Crippen LogP contribution in [-0.4, -0.2) is 8.42 Å². The molecule has 102 valence electrons. The van der Waals surface area contributed by atoms with Gasteiger partial charge < -0.3 is 5.73 Å². The first-order valence-corrected chi connectivity index (χ1v) is 7.78. The van der Waals surface area contributed by atoms with E-state index in [0.29, 0.717) is 15.7 Å². The maximum absolute atomic E-state index is 12.3. The molecule has 3 N–H and O–H groups in total. The van der Waals surface area contributed by atoms with Crippen molar-refractivity contribution in [1.82, 2.24) is 0 Å². The van der Waals surface area contributed by atoms with Gasteiger partial charge in [0.05, 0.1) is 17.3 Å². The van der Waals surface area contributed by atoms with Gasteiger partial charge in [-0.25, -0.2) is 8.42 Å². The molecule has 0 aliphatic carbocycles. The van der Waals surface area contributed by atoms with Crippen LogP contribution in [0.3, 0.4) is 0 Å². The fourth-order valence-corrected chi connectivity index (χ4v) is 3.29. The number of rotatable bonds is 3. The first-order chi connectivity index (χ1) is 9.42. The van der Waals surface area contributed by atoms with E-state index in [1.807, 2.05) is 6.07 Å². The van der Waals surface area contributed by atoms with Crippen LogP contribution in [0.4, 0.5) is 11.4 Å². The lowest BCUT2D eigenvalue weighted by Gasteiger charge is -2.10.